The number of hydrogen-bond acceptors (Lipinski definition) is 2. The van der Waals surface area contributed by atoms with Crippen molar-refractivity contribution >= 4 is 22.5 Å². The highest BCUT2D eigenvalue weighted by Gasteiger charge is 2.15. The summed E-state index contributed by atoms with van der Waals surface area (Å²) in [5.41, 5.74) is 0.963. The lowest BCUT2D eigenvalue weighted by Gasteiger charge is -2.04. The van der Waals surface area contributed by atoms with Crippen molar-refractivity contribution in [2.24, 2.45) is 0 Å². The smallest absolute Gasteiger partial charge is 0.315 e. The molecule has 0 radical (unpaired) electrons. The normalized spacial score (nSPS) is 15.0. The van der Waals surface area contributed by atoms with Crippen molar-refractivity contribution in [1.29, 1.82) is 0 Å². The number of ether oxygens (including phenoxy) is 1. The molecule has 0 aromatic heterocycles. The fraction of sp³-hybridized carbons (Fsp3) is 0.0714. The average molecular weight is 210 g/mol. The van der Waals surface area contributed by atoms with E-state index < -0.39 is 0 Å². The summed E-state index contributed by atoms with van der Waals surface area (Å²) in [6, 6.07) is 14.2. The lowest BCUT2D eigenvalue weighted by Crippen LogP contribution is -1.93. The molecule has 1 heterocycles. The molecule has 0 bridgehead atoms. The molecule has 1 aliphatic heterocycles. The predicted octanol–water partition coefficient (Wildman–Crippen LogP) is 3.13. The molecule has 0 saturated heterocycles. The molecule has 78 valence electrons. The minimum Gasteiger partial charge on any atom is -0.426 e. The van der Waals surface area contributed by atoms with Gasteiger partial charge in [-0.15, -0.1) is 0 Å². The SMILES string of the molecule is O=C1CC=C(c2ccc3ccccc3c2)O1. The molecule has 0 unspecified atom stereocenters. The van der Waals surface area contributed by atoms with Gasteiger partial charge in [-0.05, 0) is 22.9 Å². The van der Waals surface area contributed by atoms with Gasteiger partial charge in [0, 0.05) is 5.56 Å². The van der Waals surface area contributed by atoms with E-state index in [0.717, 1.165) is 10.9 Å². The number of benzene rings is 2. The van der Waals surface area contributed by atoms with Gasteiger partial charge in [-0.1, -0.05) is 36.4 Å². The minimum atomic E-state index is -0.178. The Kier molecular flexibility index (Phi) is 2.00. The first-order valence-corrected chi connectivity index (χ1v) is 5.23. The van der Waals surface area contributed by atoms with Crippen LogP contribution < -0.4 is 0 Å². The molecule has 2 heteroatoms. The van der Waals surface area contributed by atoms with Gasteiger partial charge in [0.1, 0.15) is 5.76 Å². The van der Waals surface area contributed by atoms with Crippen molar-refractivity contribution in [2.45, 2.75) is 6.42 Å². The third-order valence-electron chi connectivity index (χ3n) is 2.71. The largest absolute Gasteiger partial charge is 0.426 e. The maximum atomic E-state index is 11.0. The Morgan fingerprint density at radius 3 is 2.56 bits per heavy atom. The van der Waals surface area contributed by atoms with Gasteiger partial charge in [-0.25, -0.2) is 0 Å². The highest BCUT2D eigenvalue weighted by molar-refractivity contribution is 5.89. The second kappa shape index (κ2) is 3.49. The van der Waals surface area contributed by atoms with Crippen molar-refractivity contribution in [2.75, 3.05) is 0 Å². The molecule has 16 heavy (non-hydrogen) atoms. The van der Waals surface area contributed by atoms with Crippen LogP contribution in [0.25, 0.3) is 16.5 Å². The summed E-state index contributed by atoms with van der Waals surface area (Å²) in [5.74, 6) is 0.499. The van der Waals surface area contributed by atoms with Crippen LogP contribution in [-0.4, -0.2) is 5.97 Å². The van der Waals surface area contributed by atoms with E-state index in [1.54, 1.807) is 0 Å². The number of fused-ring (bicyclic) bond motifs is 1. The van der Waals surface area contributed by atoms with Crippen LogP contribution in [0.2, 0.25) is 0 Å². The monoisotopic (exact) mass is 210 g/mol. The lowest BCUT2D eigenvalue weighted by atomic mass is 10.1. The van der Waals surface area contributed by atoms with Gasteiger partial charge >= 0.3 is 5.97 Å². The molecule has 1 aliphatic rings. The lowest BCUT2D eigenvalue weighted by molar-refractivity contribution is -0.134. The summed E-state index contributed by atoms with van der Waals surface area (Å²) in [6.45, 7) is 0. The number of carbonyl (C=O) groups is 1. The Morgan fingerprint density at radius 2 is 1.81 bits per heavy atom. The van der Waals surface area contributed by atoms with E-state index in [2.05, 4.69) is 12.1 Å². The van der Waals surface area contributed by atoms with E-state index in [4.69, 9.17) is 4.74 Å². The second-order valence-corrected chi connectivity index (χ2v) is 3.81. The Morgan fingerprint density at radius 1 is 1.00 bits per heavy atom. The third-order valence-corrected chi connectivity index (χ3v) is 2.71. The molecular weight excluding hydrogens is 200 g/mol. The van der Waals surface area contributed by atoms with E-state index in [1.165, 1.54) is 5.39 Å². The highest BCUT2D eigenvalue weighted by Crippen LogP contribution is 2.25. The zero-order valence-corrected chi connectivity index (χ0v) is 8.64. The van der Waals surface area contributed by atoms with Crippen molar-refractivity contribution in [3.8, 4) is 0 Å². The summed E-state index contributed by atoms with van der Waals surface area (Å²) in [5, 5.41) is 2.35. The Bertz CT molecular complexity index is 596. The van der Waals surface area contributed by atoms with Crippen LogP contribution in [0.15, 0.2) is 48.5 Å². The first-order valence-electron chi connectivity index (χ1n) is 5.23. The zero-order valence-electron chi connectivity index (χ0n) is 8.64. The van der Waals surface area contributed by atoms with Crippen LogP contribution in [0.3, 0.4) is 0 Å². The van der Waals surface area contributed by atoms with Crippen molar-refractivity contribution in [3.05, 3.63) is 54.1 Å². The molecule has 0 atom stereocenters. The first kappa shape index (κ1) is 9.16. The van der Waals surface area contributed by atoms with Crippen LogP contribution >= 0.6 is 0 Å². The third kappa shape index (κ3) is 1.48. The van der Waals surface area contributed by atoms with E-state index >= 15 is 0 Å². The molecule has 0 N–H and O–H groups in total. The summed E-state index contributed by atoms with van der Waals surface area (Å²) in [7, 11) is 0. The first-order chi connectivity index (χ1) is 7.83. The van der Waals surface area contributed by atoms with Gasteiger partial charge in [-0.2, -0.15) is 0 Å². The zero-order chi connectivity index (χ0) is 11.0. The van der Waals surface area contributed by atoms with Gasteiger partial charge in [0.25, 0.3) is 0 Å². The Balaban J connectivity index is 2.09. The average Bonchev–Trinajstić information content (AvgIpc) is 2.75. The molecule has 2 nitrogen and oxygen atoms in total. The summed E-state index contributed by atoms with van der Waals surface area (Å²) < 4.78 is 5.12. The van der Waals surface area contributed by atoms with E-state index in [0.29, 0.717) is 12.2 Å². The van der Waals surface area contributed by atoms with Crippen LogP contribution in [0.4, 0.5) is 0 Å². The number of cyclic esters (lactones) is 1. The summed E-state index contributed by atoms with van der Waals surface area (Å²) in [6.07, 6.45) is 2.20. The van der Waals surface area contributed by atoms with Crippen molar-refractivity contribution in [3.63, 3.8) is 0 Å². The molecule has 0 spiro atoms. The maximum absolute atomic E-state index is 11.0. The van der Waals surface area contributed by atoms with E-state index in [9.17, 15) is 4.79 Å². The van der Waals surface area contributed by atoms with Gasteiger partial charge < -0.3 is 4.74 Å². The number of hydrogen-bond donors (Lipinski definition) is 0. The molecule has 3 rings (SSSR count). The standard InChI is InChI=1S/C14H10O2/c15-14-8-7-13(16-14)12-6-5-10-3-1-2-4-11(10)9-12/h1-7,9H,8H2. The van der Waals surface area contributed by atoms with Gasteiger partial charge in [0.05, 0.1) is 6.42 Å². The van der Waals surface area contributed by atoms with Gasteiger partial charge in [0.15, 0.2) is 0 Å². The summed E-state index contributed by atoms with van der Waals surface area (Å²) >= 11 is 0. The second-order valence-electron chi connectivity index (χ2n) is 3.81. The van der Waals surface area contributed by atoms with E-state index in [-0.39, 0.29) is 5.97 Å². The maximum Gasteiger partial charge on any atom is 0.315 e. The molecule has 0 amide bonds. The number of rotatable bonds is 1. The predicted molar refractivity (Wildman–Crippen MR) is 62.6 cm³/mol. The summed E-state index contributed by atoms with van der Waals surface area (Å²) in [4.78, 5) is 11.0. The molecule has 0 aliphatic carbocycles. The minimum absolute atomic E-state index is 0.178. The van der Waals surface area contributed by atoms with Crippen molar-refractivity contribution in [1.82, 2.24) is 0 Å². The van der Waals surface area contributed by atoms with Gasteiger partial charge in [0.2, 0.25) is 0 Å². The van der Waals surface area contributed by atoms with Crippen LogP contribution in [0.1, 0.15) is 12.0 Å². The Labute approximate surface area is 93.2 Å². The fourth-order valence-corrected chi connectivity index (χ4v) is 1.90. The van der Waals surface area contributed by atoms with Crippen molar-refractivity contribution < 1.29 is 9.53 Å². The highest BCUT2D eigenvalue weighted by atomic mass is 16.5. The van der Waals surface area contributed by atoms with Crippen LogP contribution in [0, 0.1) is 0 Å². The fourth-order valence-electron chi connectivity index (χ4n) is 1.90. The van der Waals surface area contributed by atoms with Crippen LogP contribution in [-0.2, 0) is 9.53 Å². The Hall–Kier alpha value is -2.09. The number of esters is 1. The topological polar surface area (TPSA) is 26.3 Å². The molecule has 0 saturated carbocycles. The van der Waals surface area contributed by atoms with E-state index in [1.807, 2.05) is 36.4 Å². The molecule has 2 aromatic rings. The molecular formula is C14H10O2. The van der Waals surface area contributed by atoms with Crippen LogP contribution in [0.5, 0.6) is 0 Å². The number of carbonyl (C=O) groups excluding carboxylic acids is 1. The van der Waals surface area contributed by atoms with Gasteiger partial charge in [-0.3, -0.25) is 4.79 Å². The molecule has 0 fully saturated rings. The molecule has 2 aromatic carbocycles. The quantitative estimate of drug-likeness (QED) is 0.676.